The van der Waals surface area contributed by atoms with Crippen LogP contribution in [0.1, 0.15) is 41.5 Å². The Morgan fingerprint density at radius 1 is 0.609 bits per heavy atom. The van der Waals surface area contributed by atoms with Crippen molar-refractivity contribution in [1.82, 2.24) is 0 Å². The molecule has 1 N–H and O–H groups in total. The molecular formula is C39H44O6S. The van der Waals surface area contributed by atoms with Crippen LogP contribution in [0, 0.1) is 0 Å². The van der Waals surface area contributed by atoms with Crippen molar-refractivity contribution < 1.29 is 28.8 Å². The van der Waals surface area contributed by atoms with Gasteiger partial charge in [0, 0.05) is 6.61 Å². The molecule has 6 nitrogen and oxygen atoms in total. The summed E-state index contributed by atoms with van der Waals surface area (Å²) in [6.07, 6.45) is 0.527. The van der Waals surface area contributed by atoms with Crippen LogP contribution in [0.15, 0.2) is 121 Å². The van der Waals surface area contributed by atoms with Crippen molar-refractivity contribution in [2.24, 2.45) is 0 Å². The van der Waals surface area contributed by atoms with E-state index in [-0.39, 0.29) is 5.25 Å². The Kier molecular flexibility index (Phi) is 12.0. The van der Waals surface area contributed by atoms with Crippen molar-refractivity contribution in [2.45, 2.75) is 80.3 Å². The molecule has 0 bridgehead atoms. The molecule has 4 aromatic carbocycles. The van der Waals surface area contributed by atoms with E-state index in [9.17, 15) is 5.11 Å². The molecule has 0 aromatic heterocycles. The molecule has 2 saturated heterocycles. The van der Waals surface area contributed by atoms with E-state index in [4.69, 9.17) is 23.7 Å². The van der Waals surface area contributed by atoms with Crippen LogP contribution in [0.2, 0.25) is 0 Å². The zero-order valence-electron chi connectivity index (χ0n) is 26.2. The number of thioether (sulfide) groups is 1. The van der Waals surface area contributed by atoms with Gasteiger partial charge in [-0.3, -0.25) is 0 Å². The van der Waals surface area contributed by atoms with E-state index in [1.165, 1.54) is 11.8 Å². The summed E-state index contributed by atoms with van der Waals surface area (Å²) in [7, 11) is 0. The third-order valence-corrected chi connectivity index (χ3v) is 10.2. The minimum Gasteiger partial charge on any atom is -0.376 e. The lowest BCUT2D eigenvalue weighted by Crippen LogP contribution is -2.67. The van der Waals surface area contributed by atoms with Crippen molar-refractivity contribution in [1.29, 1.82) is 0 Å². The predicted molar refractivity (Wildman–Crippen MR) is 181 cm³/mol. The van der Waals surface area contributed by atoms with E-state index < -0.39 is 29.3 Å². The number of aliphatic hydroxyl groups is 1. The van der Waals surface area contributed by atoms with Gasteiger partial charge in [0.15, 0.2) is 4.93 Å². The molecule has 2 fully saturated rings. The molecule has 2 aliphatic rings. The molecule has 46 heavy (non-hydrogen) atoms. The summed E-state index contributed by atoms with van der Waals surface area (Å²) in [4.78, 5) is -1.38. The normalized spacial score (nSPS) is 26.5. The quantitative estimate of drug-likeness (QED) is 0.155. The van der Waals surface area contributed by atoms with Crippen molar-refractivity contribution in [3.05, 3.63) is 144 Å². The number of hydrogen-bond donors (Lipinski definition) is 1. The highest BCUT2D eigenvalue weighted by Gasteiger charge is 2.59. The average molecular weight is 641 g/mol. The number of hydrogen-bond acceptors (Lipinski definition) is 7. The molecule has 2 unspecified atom stereocenters. The summed E-state index contributed by atoms with van der Waals surface area (Å²) in [6, 6.07) is 40.5. The molecule has 6 rings (SSSR count). The standard InChI is InChI=1S/C39H44O6S/c40-39(35-23-13-14-24-42-35)38(45-28-33-21-11-4-12-22-33)37(44-27-32-19-9-3-10-20-32)36(43-26-31-17-7-2-8-18-31)34(46-39)29-41-25-30-15-5-1-6-16-30/h1-12,15-22,34-38,40H,13-14,23-29H2/t34-,35?,36-,37+,38-,39?/m1/s1. The monoisotopic (exact) mass is 640 g/mol. The third-order valence-electron chi connectivity index (χ3n) is 8.61. The van der Waals surface area contributed by atoms with Crippen LogP contribution in [-0.2, 0) is 50.1 Å². The Labute approximate surface area is 277 Å². The van der Waals surface area contributed by atoms with Crippen LogP contribution in [0.4, 0.5) is 0 Å². The van der Waals surface area contributed by atoms with Crippen molar-refractivity contribution in [3.63, 3.8) is 0 Å². The molecule has 0 amide bonds. The summed E-state index contributed by atoms with van der Waals surface area (Å²) in [5.41, 5.74) is 4.23. The zero-order valence-corrected chi connectivity index (χ0v) is 27.0. The van der Waals surface area contributed by atoms with Crippen molar-refractivity contribution in [2.75, 3.05) is 13.2 Å². The van der Waals surface area contributed by atoms with Gasteiger partial charge < -0.3 is 28.8 Å². The molecule has 0 radical (unpaired) electrons. The Bertz CT molecular complexity index is 1420. The topological polar surface area (TPSA) is 66.4 Å². The molecule has 2 heterocycles. The third kappa shape index (κ3) is 8.66. The molecule has 2 aliphatic heterocycles. The minimum atomic E-state index is -1.38. The fourth-order valence-corrected chi connectivity index (χ4v) is 7.90. The van der Waals surface area contributed by atoms with Crippen LogP contribution >= 0.6 is 11.8 Å². The van der Waals surface area contributed by atoms with Gasteiger partial charge in [0.2, 0.25) is 0 Å². The molecule has 4 aromatic rings. The first kappa shape index (κ1) is 32.9. The van der Waals surface area contributed by atoms with E-state index in [1.807, 2.05) is 97.1 Å². The maximum absolute atomic E-state index is 12.8. The van der Waals surface area contributed by atoms with Gasteiger partial charge >= 0.3 is 0 Å². The van der Waals surface area contributed by atoms with Crippen LogP contribution in [0.25, 0.3) is 0 Å². The predicted octanol–water partition coefficient (Wildman–Crippen LogP) is 7.33. The molecule has 242 valence electrons. The van der Waals surface area contributed by atoms with Crippen LogP contribution in [0.5, 0.6) is 0 Å². The van der Waals surface area contributed by atoms with E-state index in [0.717, 1.165) is 41.5 Å². The fourth-order valence-electron chi connectivity index (χ4n) is 6.21. The highest BCUT2D eigenvalue weighted by Crippen LogP contribution is 2.48. The first-order chi connectivity index (χ1) is 22.7. The van der Waals surface area contributed by atoms with Crippen molar-refractivity contribution >= 4 is 11.8 Å². The highest BCUT2D eigenvalue weighted by molar-refractivity contribution is 8.01. The number of benzene rings is 4. The first-order valence-corrected chi connectivity index (χ1v) is 17.2. The molecular weight excluding hydrogens is 596 g/mol. The second-order valence-electron chi connectivity index (χ2n) is 12.0. The van der Waals surface area contributed by atoms with Gasteiger partial charge in [-0.25, -0.2) is 0 Å². The lowest BCUT2D eigenvalue weighted by atomic mass is 9.91. The number of ether oxygens (including phenoxy) is 5. The lowest BCUT2D eigenvalue weighted by molar-refractivity contribution is -0.223. The fraction of sp³-hybridized carbons (Fsp3) is 0.385. The molecule has 0 spiro atoms. The zero-order chi connectivity index (χ0) is 31.4. The minimum absolute atomic E-state index is 0.250. The summed E-state index contributed by atoms with van der Waals surface area (Å²) in [6.45, 7) is 2.52. The lowest BCUT2D eigenvalue weighted by Gasteiger charge is -2.53. The Balaban J connectivity index is 1.33. The van der Waals surface area contributed by atoms with E-state index in [2.05, 4.69) is 24.3 Å². The first-order valence-electron chi connectivity index (χ1n) is 16.3. The summed E-state index contributed by atoms with van der Waals surface area (Å²) in [5.74, 6) is 0. The summed E-state index contributed by atoms with van der Waals surface area (Å²) >= 11 is 1.46. The van der Waals surface area contributed by atoms with Gasteiger partial charge in [-0.05, 0) is 41.5 Å². The average Bonchev–Trinajstić information content (AvgIpc) is 3.12. The van der Waals surface area contributed by atoms with E-state index in [0.29, 0.717) is 39.6 Å². The second-order valence-corrected chi connectivity index (χ2v) is 13.5. The van der Waals surface area contributed by atoms with Gasteiger partial charge in [-0.2, -0.15) is 0 Å². The Morgan fingerprint density at radius 2 is 1.09 bits per heavy atom. The molecule has 7 heteroatoms. The summed E-state index contributed by atoms with van der Waals surface area (Å²) < 4.78 is 33.0. The maximum atomic E-state index is 12.8. The van der Waals surface area contributed by atoms with Crippen molar-refractivity contribution in [3.8, 4) is 0 Å². The maximum Gasteiger partial charge on any atom is 0.165 e. The smallest absolute Gasteiger partial charge is 0.165 e. The Morgan fingerprint density at radius 3 is 1.59 bits per heavy atom. The highest BCUT2D eigenvalue weighted by atomic mass is 32.2. The summed E-state index contributed by atoms with van der Waals surface area (Å²) in [5, 5.41) is 12.6. The van der Waals surface area contributed by atoms with Crippen LogP contribution in [0.3, 0.4) is 0 Å². The van der Waals surface area contributed by atoms with E-state index in [1.54, 1.807) is 0 Å². The molecule has 0 aliphatic carbocycles. The van der Waals surface area contributed by atoms with Crippen LogP contribution < -0.4 is 0 Å². The second kappa shape index (κ2) is 16.7. The molecule has 6 atom stereocenters. The van der Waals surface area contributed by atoms with Gasteiger partial charge in [0.1, 0.15) is 18.3 Å². The molecule has 0 saturated carbocycles. The Hall–Kier alpha value is -3.01. The van der Waals surface area contributed by atoms with Gasteiger partial charge in [0.25, 0.3) is 0 Å². The van der Waals surface area contributed by atoms with Gasteiger partial charge in [0.05, 0.1) is 44.4 Å². The van der Waals surface area contributed by atoms with Crippen LogP contribution in [-0.4, -0.2) is 52.9 Å². The van der Waals surface area contributed by atoms with Gasteiger partial charge in [-0.15, -0.1) is 11.8 Å². The van der Waals surface area contributed by atoms with Gasteiger partial charge in [-0.1, -0.05) is 121 Å². The van der Waals surface area contributed by atoms with E-state index >= 15 is 0 Å². The largest absolute Gasteiger partial charge is 0.376 e. The number of rotatable bonds is 14. The SMILES string of the molecule is OC1(C2CCCCO2)S[C@H](COCc2ccccc2)[C@@H](OCc2ccccc2)[C@H](OCc2ccccc2)[C@H]1OCc1ccccc1.